The molecule has 4 rings (SSSR count). The summed E-state index contributed by atoms with van der Waals surface area (Å²) in [6.07, 6.45) is 0.668. The number of benzene rings is 2. The van der Waals surface area contributed by atoms with Crippen LogP contribution in [-0.4, -0.2) is 19.8 Å². The number of aryl methyl sites for hydroxylation is 1. The van der Waals surface area contributed by atoms with E-state index in [2.05, 4.69) is 51.7 Å². The van der Waals surface area contributed by atoms with Crippen molar-refractivity contribution >= 4 is 16.3 Å². The Kier molecular flexibility index (Phi) is 3.66. The molecule has 0 saturated carbocycles. The van der Waals surface area contributed by atoms with Crippen molar-refractivity contribution in [1.82, 2.24) is 19.8 Å². The van der Waals surface area contributed by atoms with Crippen LogP contribution in [0.1, 0.15) is 16.3 Å². The van der Waals surface area contributed by atoms with E-state index in [1.807, 2.05) is 18.2 Å². The molecule has 0 aliphatic carbocycles. The minimum absolute atomic E-state index is 0.207. The minimum Gasteiger partial charge on any atom is -0.265 e. The minimum atomic E-state index is -0.207. The molecule has 6 heteroatoms. The molecule has 2 heterocycles. The predicted octanol–water partition coefficient (Wildman–Crippen LogP) is 3.11. The van der Waals surface area contributed by atoms with Gasteiger partial charge in [0.05, 0.1) is 0 Å². The molecule has 0 radical (unpaired) electrons. The second-order valence-corrected chi connectivity index (χ2v) is 6.56. The standard InChI is InChI=1S/C18H14N4OS/c1-12-17(23)22-18(20-19-12)24-16(21-22)11-13-7-9-15(10-8-13)14-5-3-2-4-6-14/h2-10H,11H2,1H3. The molecule has 0 aliphatic rings. The molecule has 0 saturated heterocycles. The highest BCUT2D eigenvalue weighted by molar-refractivity contribution is 7.16. The van der Waals surface area contributed by atoms with Crippen molar-refractivity contribution in [2.45, 2.75) is 13.3 Å². The van der Waals surface area contributed by atoms with Gasteiger partial charge in [0.1, 0.15) is 10.7 Å². The van der Waals surface area contributed by atoms with E-state index in [-0.39, 0.29) is 5.56 Å². The molecule has 0 atom stereocenters. The summed E-state index contributed by atoms with van der Waals surface area (Å²) in [5, 5.41) is 13.1. The second kappa shape index (κ2) is 5.98. The van der Waals surface area contributed by atoms with Crippen LogP contribution < -0.4 is 5.56 Å². The van der Waals surface area contributed by atoms with Crippen LogP contribution in [0.5, 0.6) is 0 Å². The first-order valence-electron chi connectivity index (χ1n) is 7.57. The zero-order valence-corrected chi connectivity index (χ0v) is 13.8. The lowest BCUT2D eigenvalue weighted by molar-refractivity contribution is 0.810. The summed E-state index contributed by atoms with van der Waals surface area (Å²) in [5.41, 5.74) is 3.67. The lowest BCUT2D eigenvalue weighted by Gasteiger charge is -2.03. The van der Waals surface area contributed by atoms with Gasteiger partial charge in [-0.05, 0) is 23.6 Å². The second-order valence-electron chi connectivity index (χ2n) is 5.52. The molecule has 0 aliphatic heterocycles. The van der Waals surface area contributed by atoms with Crippen LogP contribution in [0, 0.1) is 6.92 Å². The summed E-state index contributed by atoms with van der Waals surface area (Å²) < 4.78 is 1.33. The van der Waals surface area contributed by atoms with Crippen molar-refractivity contribution in [2.24, 2.45) is 0 Å². The smallest absolute Gasteiger partial charge is 0.265 e. The number of aromatic nitrogens is 4. The average molecular weight is 334 g/mol. The number of rotatable bonds is 3. The summed E-state index contributed by atoms with van der Waals surface area (Å²) >= 11 is 1.39. The molecule has 5 nitrogen and oxygen atoms in total. The summed E-state index contributed by atoms with van der Waals surface area (Å²) in [6, 6.07) is 18.7. The predicted molar refractivity (Wildman–Crippen MR) is 94.4 cm³/mol. The fourth-order valence-corrected chi connectivity index (χ4v) is 3.39. The summed E-state index contributed by atoms with van der Waals surface area (Å²) in [4.78, 5) is 12.5. The Morgan fingerprint density at radius 1 is 0.958 bits per heavy atom. The van der Waals surface area contributed by atoms with Gasteiger partial charge in [0.25, 0.3) is 5.56 Å². The maximum absolute atomic E-state index is 12.0. The van der Waals surface area contributed by atoms with E-state index in [4.69, 9.17) is 0 Å². The Morgan fingerprint density at radius 2 is 1.67 bits per heavy atom. The molecule has 0 N–H and O–H groups in total. The van der Waals surface area contributed by atoms with Crippen LogP contribution in [0.3, 0.4) is 0 Å². The molecule has 2 aromatic heterocycles. The third-order valence-electron chi connectivity index (χ3n) is 3.81. The van der Waals surface area contributed by atoms with Crippen molar-refractivity contribution in [3.63, 3.8) is 0 Å². The Labute approximate surface area is 142 Å². The average Bonchev–Trinajstić information content (AvgIpc) is 3.03. The molecule has 118 valence electrons. The molecule has 0 amide bonds. The van der Waals surface area contributed by atoms with Crippen LogP contribution in [0.4, 0.5) is 0 Å². The third-order valence-corrected chi connectivity index (χ3v) is 4.70. The molecular formula is C18H14N4OS. The van der Waals surface area contributed by atoms with E-state index in [9.17, 15) is 4.79 Å². The van der Waals surface area contributed by atoms with E-state index in [0.717, 1.165) is 10.6 Å². The molecule has 0 bridgehead atoms. The number of hydrogen-bond donors (Lipinski definition) is 0. The zero-order chi connectivity index (χ0) is 16.5. The normalized spacial score (nSPS) is 11.0. The van der Waals surface area contributed by atoms with E-state index in [0.29, 0.717) is 17.1 Å². The summed E-state index contributed by atoms with van der Waals surface area (Å²) in [5.74, 6) is 0. The molecule has 0 fully saturated rings. The molecule has 0 unspecified atom stereocenters. The SMILES string of the molecule is Cc1nnc2sc(Cc3ccc(-c4ccccc4)cc3)nn2c1=O. The van der Waals surface area contributed by atoms with Crippen molar-refractivity contribution < 1.29 is 0 Å². The maximum Gasteiger partial charge on any atom is 0.296 e. The van der Waals surface area contributed by atoms with Crippen molar-refractivity contribution in [3.05, 3.63) is 81.2 Å². The van der Waals surface area contributed by atoms with Gasteiger partial charge in [-0.2, -0.15) is 9.61 Å². The Hall–Kier alpha value is -2.86. The third kappa shape index (κ3) is 2.72. The van der Waals surface area contributed by atoms with Crippen LogP contribution in [0.25, 0.3) is 16.1 Å². The Balaban J connectivity index is 1.62. The van der Waals surface area contributed by atoms with Crippen LogP contribution in [0.15, 0.2) is 59.4 Å². The zero-order valence-electron chi connectivity index (χ0n) is 13.0. The van der Waals surface area contributed by atoms with Gasteiger partial charge in [0.15, 0.2) is 0 Å². The first kappa shape index (κ1) is 14.7. The number of fused-ring (bicyclic) bond motifs is 1. The van der Waals surface area contributed by atoms with Gasteiger partial charge in [-0.25, -0.2) is 0 Å². The van der Waals surface area contributed by atoms with Crippen LogP contribution >= 0.6 is 11.3 Å². The van der Waals surface area contributed by atoms with Crippen molar-refractivity contribution in [1.29, 1.82) is 0 Å². The quantitative estimate of drug-likeness (QED) is 0.577. The number of nitrogens with zero attached hydrogens (tertiary/aromatic N) is 4. The summed E-state index contributed by atoms with van der Waals surface area (Å²) in [7, 11) is 0. The largest absolute Gasteiger partial charge is 0.296 e. The monoisotopic (exact) mass is 334 g/mol. The van der Waals surface area contributed by atoms with Gasteiger partial charge >= 0.3 is 0 Å². The Morgan fingerprint density at radius 3 is 2.42 bits per heavy atom. The number of hydrogen-bond acceptors (Lipinski definition) is 5. The molecule has 24 heavy (non-hydrogen) atoms. The van der Waals surface area contributed by atoms with E-state index in [1.165, 1.54) is 27.0 Å². The molecule has 2 aromatic carbocycles. The topological polar surface area (TPSA) is 60.1 Å². The van der Waals surface area contributed by atoms with Gasteiger partial charge in [0.2, 0.25) is 4.96 Å². The summed E-state index contributed by atoms with van der Waals surface area (Å²) in [6.45, 7) is 1.64. The van der Waals surface area contributed by atoms with Gasteiger partial charge in [0, 0.05) is 6.42 Å². The van der Waals surface area contributed by atoms with E-state index in [1.54, 1.807) is 6.92 Å². The van der Waals surface area contributed by atoms with Crippen LogP contribution in [0.2, 0.25) is 0 Å². The van der Waals surface area contributed by atoms with E-state index < -0.39 is 0 Å². The maximum atomic E-state index is 12.0. The lowest BCUT2D eigenvalue weighted by Crippen LogP contribution is -2.19. The highest BCUT2D eigenvalue weighted by Crippen LogP contribution is 2.21. The molecule has 0 spiro atoms. The lowest BCUT2D eigenvalue weighted by atomic mass is 10.0. The molecule has 4 aromatic rings. The molecular weight excluding hydrogens is 320 g/mol. The van der Waals surface area contributed by atoms with Crippen molar-refractivity contribution in [3.8, 4) is 11.1 Å². The fourth-order valence-electron chi connectivity index (χ4n) is 2.52. The van der Waals surface area contributed by atoms with Gasteiger partial charge in [-0.3, -0.25) is 4.79 Å². The van der Waals surface area contributed by atoms with Gasteiger partial charge in [-0.15, -0.1) is 10.2 Å². The van der Waals surface area contributed by atoms with E-state index >= 15 is 0 Å². The van der Waals surface area contributed by atoms with Crippen molar-refractivity contribution in [2.75, 3.05) is 0 Å². The fraction of sp³-hybridized carbons (Fsp3) is 0.111. The first-order valence-corrected chi connectivity index (χ1v) is 8.39. The highest BCUT2D eigenvalue weighted by atomic mass is 32.1. The van der Waals surface area contributed by atoms with Gasteiger partial charge < -0.3 is 0 Å². The highest BCUT2D eigenvalue weighted by Gasteiger charge is 2.10. The van der Waals surface area contributed by atoms with Crippen LogP contribution in [-0.2, 0) is 6.42 Å². The Bertz CT molecular complexity index is 1050. The first-order chi connectivity index (χ1) is 11.7. The van der Waals surface area contributed by atoms with Gasteiger partial charge in [-0.1, -0.05) is 65.9 Å².